The lowest BCUT2D eigenvalue weighted by Crippen LogP contribution is -2.22. The highest BCUT2D eigenvalue weighted by atomic mass is 79.9. The first-order valence-electron chi connectivity index (χ1n) is 4.04. The molecule has 0 aliphatic heterocycles. The smallest absolute Gasteiger partial charge is 0.0329 e. The summed E-state index contributed by atoms with van der Waals surface area (Å²) in [6.07, 6.45) is 0.835. The van der Waals surface area contributed by atoms with Gasteiger partial charge in [0.1, 0.15) is 0 Å². The van der Waals surface area contributed by atoms with Crippen molar-refractivity contribution < 1.29 is 0 Å². The third-order valence-electron chi connectivity index (χ3n) is 1.82. The average molecular weight is 258 g/mol. The molecule has 0 aromatic heterocycles. The molecule has 1 nitrogen and oxygen atoms in total. The van der Waals surface area contributed by atoms with Crippen LogP contribution in [0.2, 0.25) is 0 Å². The van der Waals surface area contributed by atoms with Crippen LogP contribution in [0.25, 0.3) is 0 Å². The van der Waals surface area contributed by atoms with Crippen molar-refractivity contribution in [2.24, 2.45) is 5.73 Å². The summed E-state index contributed by atoms with van der Waals surface area (Å²) < 4.78 is 1.09. The predicted octanol–water partition coefficient (Wildman–Crippen LogP) is 2.71. The van der Waals surface area contributed by atoms with Gasteiger partial charge in [0, 0.05) is 10.5 Å². The molecule has 0 fully saturated rings. The summed E-state index contributed by atoms with van der Waals surface area (Å²) in [6.45, 7) is 3.80. The van der Waals surface area contributed by atoms with E-state index in [0.29, 0.717) is 0 Å². The van der Waals surface area contributed by atoms with Gasteiger partial charge in [-0.2, -0.15) is 0 Å². The molecule has 0 spiro atoms. The SMILES string of the molecule is C=C(P)C(N)Cc1cccc(Br)c1. The quantitative estimate of drug-likeness (QED) is 0.829. The molecular formula is C10H13BrNP. The summed E-state index contributed by atoms with van der Waals surface area (Å²) in [5.41, 5.74) is 7.09. The Morgan fingerprint density at radius 2 is 2.31 bits per heavy atom. The number of rotatable bonds is 3. The lowest BCUT2D eigenvalue weighted by Gasteiger charge is -2.10. The first kappa shape index (κ1) is 10.9. The molecule has 1 rings (SSSR count). The molecule has 70 valence electrons. The van der Waals surface area contributed by atoms with Crippen LogP contribution < -0.4 is 5.73 Å². The Morgan fingerprint density at radius 1 is 1.62 bits per heavy atom. The fourth-order valence-electron chi connectivity index (χ4n) is 1.05. The second-order valence-corrected chi connectivity index (χ2v) is 4.67. The molecule has 1 aromatic carbocycles. The van der Waals surface area contributed by atoms with Crippen LogP contribution in [0.3, 0.4) is 0 Å². The molecule has 13 heavy (non-hydrogen) atoms. The maximum Gasteiger partial charge on any atom is 0.0329 e. The van der Waals surface area contributed by atoms with Gasteiger partial charge < -0.3 is 5.73 Å². The normalized spacial score (nSPS) is 12.5. The average Bonchev–Trinajstić information content (AvgIpc) is 2.04. The Balaban J connectivity index is 2.69. The lowest BCUT2D eigenvalue weighted by molar-refractivity contribution is 0.801. The Kier molecular flexibility index (Phi) is 4.11. The van der Waals surface area contributed by atoms with Crippen LogP contribution in [0.15, 0.2) is 40.6 Å². The van der Waals surface area contributed by atoms with Gasteiger partial charge in [0.25, 0.3) is 0 Å². The van der Waals surface area contributed by atoms with Crippen molar-refractivity contribution >= 4 is 25.2 Å². The zero-order valence-corrected chi connectivity index (χ0v) is 10.1. The Labute approximate surface area is 89.7 Å². The second-order valence-electron chi connectivity index (χ2n) is 3.02. The molecule has 0 saturated heterocycles. The fraction of sp³-hybridized carbons (Fsp3) is 0.200. The molecule has 0 aliphatic carbocycles. The van der Waals surface area contributed by atoms with Crippen LogP contribution in [-0.2, 0) is 6.42 Å². The van der Waals surface area contributed by atoms with Crippen LogP contribution in [0.1, 0.15) is 5.56 Å². The van der Waals surface area contributed by atoms with Crippen molar-refractivity contribution in [2.75, 3.05) is 0 Å². The highest BCUT2D eigenvalue weighted by Crippen LogP contribution is 2.16. The van der Waals surface area contributed by atoms with Crippen molar-refractivity contribution in [1.82, 2.24) is 0 Å². The molecule has 2 unspecified atom stereocenters. The second kappa shape index (κ2) is 4.90. The number of hydrogen-bond acceptors (Lipinski definition) is 1. The van der Waals surface area contributed by atoms with Crippen LogP contribution >= 0.6 is 25.2 Å². The zero-order valence-electron chi connectivity index (χ0n) is 7.33. The molecule has 2 atom stereocenters. The standard InChI is InChI=1S/C10H13BrNP/c1-7(13)10(12)6-8-3-2-4-9(11)5-8/h2-5,10H,1,6,12-13H2. The molecule has 0 bridgehead atoms. The van der Waals surface area contributed by atoms with Gasteiger partial charge in [-0.3, -0.25) is 0 Å². The van der Waals surface area contributed by atoms with Gasteiger partial charge in [0.15, 0.2) is 0 Å². The third kappa shape index (κ3) is 3.60. The first-order valence-corrected chi connectivity index (χ1v) is 5.41. The molecule has 0 radical (unpaired) electrons. The van der Waals surface area contributed by atoms with Crippen LogP contribution in [0.4, 0.5) is 0 Å². The van der Waals surface area contributed by atoms with E-state index in [4.69, 9.17) is 5.73 Å². The summed E-state index contributed by atoms with van der Waals surface area (Å²) in [7, 11) is 2.55. The number of hydrogen-bond donors (Lipinski definition) is 1. The van der Waals surface area contributed by atoms with Crippen LogP contribution in [-0.4, -0.2) is 6.04 Å². The zero-order chi connectivity index (χ0) is 9.84. The summed E-state index contributed by atoms with van der Waals surface area (Å²) in [4.78, 5) is 0. The van der Waals surface area contributed by atoms with E-state index in [0.717, 1.165) is 16.2 Å². The van der Waals surface area contributed by atoms with Crippen LogP contribution in [0, 0.1) is 0 Å². The fourth-order valence-corrected chi connectivity index (χ4v) is 1.61. The topological polar surface area (TPSA) is 26.0 Å². The molecule has 2 N–H and O–H groups in total. The van der Waals surface area contributed by atoms with Gasteiger partial charge in [-0.15, -0.1) is 9.24 Å². The van der Waals surface area contributed by atoms with Gasteiger partial charge in [-0.25, -0.2) is 0 Å². The molecule has 0 amide bonds. The van der Waals surface area contributed by atoms with Gasteiger partial charge in [-0.05, 0) is 29.4 Å². The highest BCUT2D eigenvalue weighted by Gasteiger charge is 2.04. The van der Waals surface area contributed by atoms with Crippen molar-refractivity contribution in [2.45, 2.75) is 12.5 Å². The summed E-state index contributed by atoms with van der Waals surface area (Å²) in [6, 6.07) is 8.19. The van der Waals surface area contributed by atoms with E-state index < -0.39 is 0 Å². The van der Waals surface area contributed by atoms with E-state index in [9.17, 15) is 0 Å². The predicted molar refractivity (Wildman–Crippen MR) is 64.7 cm³/mol. The van der Waals surface area contributed by atoms with Crippen molar-refractivity contribution in [3.8, 4) is 0 Å². The summed E-state index contributed by atoms with van der Waals surface area (Å²) in [5, 5.41) is 0.944. The van der Waals surface area contributed by atoms with Crippen molar-refractivity contribution in [3.05, 3.63) is 46.2 Å². The minimum atomic E-state index is 0.0271. The Hall–Kier alpha value is -0.170. The van der Waals surface area contributed by atoms with E-state index in [1.807, 2.05) is 12.1 Å². The van der Waals surface area contributed by atoms with Crippen LogP contribution in [0.5, 0.6) is 0 Å². The van der Waals surface area contributed by atoms with Gasteiger partial charge in [-0.1, -0.05) is 34.6 Å². The highest BCUT2D eigenvalue weighted by molar-refractivity contribution is 9.10. The van der Waals surface area contributed by atoms with E-state index in [1.165, 1.54) is 5.56 Å². The van der Waals surface area contributed by atoms with E-state index in [1.54, 1.807) is 0 Å². The van der Waals surface area contributed by atoms with E-state index in [-0.39, 0.29) is 6.04 Å². The van der Waals surface area contributed by atoms with Gasteiger partial charge in [0.05, 0.1) is 0 Å². The lowest BCUT2D eigenvalue weighted by atomic mass is 10.1. The van der Waals surface area contributed by atoms with Crippen molar-refractivity contribution in [1.29, 1.82) is 0 Å². The third-order valence-corrected chi connectivity index (χ3v) is 2.74. The molecule has 0 aliphatic rings. The minimum Gasteiger partial charge on any atom is -0.324 e. The van der Waals surface area contributed by atoms with Crippen molar-refractivity contribution in [3.63, 3.8) is 0 Å². The Morgan fingerprint density at radius 3 is 2.85 bits per heavy atom. The monoisotopic (exact) mass is 257 g/mol. The molecule has 0 saturated carbocycles. The van der Waals surface area contributed by atoms with Gasteiger partial charge in [0.2, 0.25) is 0 Å². The number of benzene rings is 1. The molecule has 1 aromatic rings. The van der Waals surface area contributed by atoms with E-state index >= 15 is 0 Å². The maximum absolute atomic E-state index is 5.86. The molecule has 3 heteroatoms. The summed E-state index contributed by atoms with van der Waals surface area (Å²) >= 11 is 3.42. The minimum absolute atomic E-state index is 0.0271. The molecule has 0 heterocycles. The summed E-state index contributed by atoms with van der Waals surface area (Å²) in [5.74, 6) is 0. The number of halogens is 1. The first-order chi connectivity index (χ1) is 6.09. The maximum atomic E-state index is 5.86. The molecular weight excluding hydrogens is 245 g/mol. The van der Waals surface area contributed by atoms with E-state index in [2.05, 4.69) is 43.9 Å². The van der Waals surface area contributed by atoms with Gasteiger partial charge >= 0.3 is 0 Å². The largest absolute Gasteiger partial charge is 0.324 e. The number of nitrogens with two attached hydrogens (primary N) is 1. The Bertz CT molecular complexity index is 312.